The smallest absolute Gasteiger partial charge is 0.139 e. The van der Waals surface area contributed by atoms with E-state index in [0.717, 1.165) is 19.3 Å². The highest BCUT2D eigenvalue weighted by Crippen LogP contribution is 2.23. The molecule has 1 nitrogen and oxygen atoms in total. The van der Waals surface area contributed by atoms with E-state index >= 15 is 0 Å². The summed E-state index contributed by atoms with van der Waals surface area (Å²) in [6.45, 7) is 2.21. The lowest BCUT2D eigenvalue weighted by molar-refractivity contribution is -0.127. The van der Waals surface area contributed by atoms with Crippen LogP contribution in [0, 0.1) is 5.92 Å². The maximum absolute atomic E-state index is 11.0. The summed E-state index contributed by atoms with van der Waals surface area (Å²) < 4.78 is 0. The van der Waals surface area contributed by atoms with Gasteiger partial charge in [-0.2, -0.15) is 0 Å². The zero-order valence-corrected chi connectivity index (χ0v) is 9.04. The van der Waals surface area contributed by atoms with Crippen LogP contribution in [0.3, 0.4) is 0 Å². The van der Waals surface area contributed by atoms with Crippen LogP contribution in [0.25, 0.3) is 0 Å². The first-order valence-electron chi connectivity index (χ1n) is 5.70. The molecule has 0 spiro atoms. The number of hydrogen-bond donors (Lipinski definition) is 0. The van der Waals surface area contributed by atoms with Crippen LogP contribution in [0.4, 0.5) is 0 Å². The number of unbranched alkanes of at least 4 members (excludes halogenated alkanes) is 3. The standard InChI is InChI=1S/C13H20O/c1-2-3-4-5-6-7-8-9-12-10-11-13(12)14/h6-9,12H,2-5,10-11H2,1H3. The minimum atomic E-state index is 0.232. The Labute approximate surface area is 86.9 Å². The SMILES string of the molecule is CCCCCC=CC=CC1CCC1=O. The van der Waals surface area contributed by atoms with Gasteiger partial charge in [0.2, 0.25) is 0 Å². The lowest BCUT2D eigenvalue weighted by atomic mass is 9.84. The van der Waals surface area contributed by atoms with Gasteiger partial charge >= 0.3 is 0 Å². The lowest BCUT2D eigenvalue weighted by Crippen LogP contribution is -2.22. The molecule has 0 aromatic heterocycles. The van der Waals surface area contributed by atoms with E-state index < -0.39 is 0 Å². The second-order valence-electron chi connectivity index (χ2n) is 3.92. The van der Waals surface area contributed by atoms with Crippen LogP contribution < -0.4 is 0 Å². The number of allylic oxidation sites excluding steroid dienone is 4. The van der Waals surface area contributed by atoms with Gasteiger partial charge in [0.15, 0.2) is 0 Å². The summed E-state index contributed by atoms with van der Waals surface area (Å²) in [6, 6.07) is 0. The van der Waals surface area contributed by atoms with Crippen LogP contribution in [0.5, 0.6) is 0 Å². The topological polar surface area (TPSA) is 17.1 Å². The number of hydrogen-bond acceptors (Lipinski definition) is 1. The van der Waals surface area contributed by atoms with Crippen molar-refractivity contribution in [2.75, 3.05) is 0 Å². The molecule has 0 N–H and O–H groups in total. The number of carbonyl (C=O) groups excluding carboxylic acids is 1. The molecular formula is C13H20O. The first kappa shape index (κ1) is 11.2. The molecule has 1 fully saturated rings. The van der Waals surface area contributed by atoms with Crippen molar-refractivity contribution in [2.45, 2.75) is 45.4 Å². The molecule has 1 saturated carbocycles. The number of Topliss-reactive ketones (excluding diaryl/α,β-unsaturated/α-hetero) is 1. The molecule has 0 radical (unpaired) electrons. The molecule has 0 aromatic carbocycles. The van der Waals surface area contributed by atoms with Gasteiger partial charge in [-0.25, -0.2) is 0 Å². The zero-order valence-electron chi connectivity index (χ0n) is 9.04. The average Bonchev–Trinajstić information content (AvgIpc) is 2.20. The van der Waals surface area contributed by atoms with Gasteiger partial charge in [0.05, 0.1) is 0 Å². The summed E-state index contributed by atoms with van der Waals surface area (Å²) in [6.07, 6.45) is 15.2. The minimum absolute atomic E-state index is 0.232. The fraction of sp³-hybridized carbons (Fsp3) is 0.615. The molecular weight excluding hydrogens is 172 g/mol. The van der Waals surface area contributed by atoms with Gasteiger partial charge in [0.25, 0.3) is 0 Å². The van der Waals surface area contributed by atoms with Crippen molar-refractivity contribution in [1.29, 1.82) is 0 Å². The minimum Gasteiger partial charge on any atom is -0.299 e. The second-order valence-corrected chi connectivity index (χ2v) is 3.92. The fourth-order valence-electron chi connectivity index (χ4n) is 1.52. The van der Waals surface area contributed by atoms with Crippen molar-refractivity contribution in [3.8, 4) is 0 Å². The van der Waals surface area contributed by atoms with Gasteiger partial charge in [-0.05, 0) is 19.3 Å². The predicted octanol–water partition coefficient (Wildman–Crippen LogP) is 3.66. The van der Waals surface area contributed by atoms with Crippen molar-refractivity contribution in [3.63, 3.8) is 0 Å². The zero-order chi connectivity index (χ0) is 10.2. The van der Waals surface area contributed by atoms with Gasteiger partial charge in [0, 0.05) is 12.3 Å². The molecule has 78 valence electrons. The van der Waals surface area contributed by atoms with E-state index in [-0.39, 0.29) is 5.92 Å². The first-order chi connectivity index (χ1) is 6.84. The summed E-state index contributed by atoms with van der Waals surface area (Å²) in [7, 11) is 0. The van der Waals surface area contributed by atoms with Gasteiger partial charge in [-0.15, -0.1) is 0 Å². The van der Waals surface area contributed by atoms with E-state index in [1.54, 1.807) is 0 Å². The lowest BCUT2D eigenvalue weighted by Gasteiger charge is -2.19. The maximum atomic E-state index is 11.0. The van der Waals surface area contributed by atoms with Crippen molar-refractivity contribution < 1.29 is 4.79 Å². The summed E-state index contributed by atoms with van der Waals surface area (Å²) in [5.74, 6) is 0.635. The quantitative estimate of drug-likeness (QED) is 0.463. The van der Waals surface area contributed by atoms with Gasteiger partial charge < -0.3 is 0 Å². The molecule has 1 aliphatic carbocycles. The van der Waals surface area contributed by atoms with E-state index in [4.69, 9.17) is 0 Å². The fourth-order valence-corrected chi connectivity index (χ4v) is 1.52. The number of carbonyl (C=O) groups is 1. The second kappa shape index (κ2) is 6.58. The average molecular weight is 192 g/mol. The van der Waals surface area contributed by atoms with E-state index in [0.29, 0.717) is 5.78 Å². The summed E-state index contributed by atoms with van der Waals surface area (Å²) in [4.78, 5) is 11.0. The van der Waals surface area contributed by atoms with Gasteiger partial charge in [-0.1, -0.05) is 44.1 Å². The maximum Gasteiger partial charge on any atom is 0.139 e. The Bertz CT molecular complexity index is 225. The molecule has 0 heterocycles. The van der Waals surface area contributed by atoms with Crippen molar-refractivity contribution in [3.05, 3.63) is 24.3 Å². The Kier molecular flexibility index (Phi) is 5.28. The molecule has 14 heavy (non-hydrogen) atoms. The molecule has 0 saturated heterocycles. The molecule has 0 bridgehead atoms. The Morgan fingerprint density at radius 2 is 2.21 bits per heavy atom. The Morgan fingerprint density at radius 3 is 2.79 bits per heavy atom. The van der Waals surface area contributed by atoms with Crippen molar-refractivity contribution in [2.24, 2.45) is 5.92 Å². The van der Waals surface area contributed by atoms with Crippen molar-refractivity contribution >= 4 is 5.78 Å². The molecule has 1 atom stereocenters. The molecule has 1 unspecified atom stereocenters. The van der Waals surface area contributed by atoms with Gasteiger partial charge in [0.1, 0.15) is 5.78 Å². The third kappa shape index (κ3) is 3.91. The molecule has 0 amide bonds. The summed E-state index contributed by atoms with van der Waals surface area (Å²) in [5, 5.41) is 0. The van der Waals surface area contributed by atoms with Crippen LogP contribution >= 0.6 is 0 Å². The van der Waals surface area contributed by atoms with Crippen molar-refractivity contribution in [1.82, 2.24) is 0 Å². The largest absolute Gasteiger partial charge is 0.299 e. The van der Waals surface area contributed by atoms with E-state index in [9.17, 15) is 4.79 Å². The van der Waals surface area contributed by atoms with Crippen LogP contribution in [0.2, 0.25) is 0 Å². The summed E-state index contributed by atoms with van der Waals surface area (Å²) in [5.41, 5.74) is 0. The molecule has 1 rings (SSSR count). The molecule has 1 aliphatic rings. The monoisotopic (exact) mass is 192 g/mol. The van der Waals surface area contributed by atoms with Crippen LogP contribution in [0.15, 0.2) is 24.3 Å². The third-order valence-electron chi connectivity index (χ3n) is 2.68. The molecule has 0 aliphatic heterocycles. The highest BCUT2D eigenvalue weighted by molar-refractivity contribution is 5.87. The highest BCUT2D eigenvalue weighted by Gasteiger charge is 2.24. The Morgan fingerprint density at radius 1 is 1.36 bits per heavy atom. The molecule has 0 aromatic rings. The van der Waals surface area contributed by atoms with Crippen LogP contribution in [-0.2, 0) is 4.79 Å². The predicted molar refractivity (Wildman–Crippen MR) is 60.2 cm³/mol. The van der Waals surface area contributed by atoms with Crippen LogP contribution in [-0.4, -0.2) is 5.78 Å². The van der Waals surface area contributed by atoms with Crippen LogP contribution in [0.1, 0.15) is 45.4 Å². The van der Waals surface area contributed by atoms with Gasteiger partial charge in [-0.3, -0.25) is 4.79 Å². The van der Waals surface area contributed by atoms with E-state index in [1.807, 2.05) is 12.2 Å². The van der Waals surface area contributed by atoms with E-state index in [2.05, 4.69) is 19.1 Å². The Balaban J connectivity index is 2.04. The third-order valence-corrected chi connectivity index (χ3v) is 2.68. The summed E-state index contributed by atoms with van der Waals surface area (Å²) >= 11 is 0. The van der Waals surface area contributed by atoms with E-state index in [1.165, 1.54) is 19.3 Å². The number of ketones is 1. The first-order valence-corrected chi connectivity index (χ1v) is 5.70. The normalized spacial score (nSPS) is 22.1. The molecule has 1 heteroatoms. The highest BCUT2D eigenvalue weighted by atomic mass is 16.1. The Hall–Kier alpha value is -0.850. The number of rotatable bonds is 6.